The van der Waals surface area contributed by atoms with E-state index in [0.29, 0.717) is 13.1 Å². The first-order valence-electron chi connectivity index (χ1n) is 5.50. The van der Waals surface area contributed by atoms with E-state index < -0.39 is 22.1 Å². The number of carboxylic acid groups (broad SMARTS) is 1. The van der Waals surface area contributed by atoms with Crippen LogP contribution in [0.5, 0.6) is 0 Å². The Bertz CT molecular complexity index is 369. The lowest BCUT2D eigenvalue weighted by molar-refractivity contribution is -0.145. The molecule has 92 valence electrons. The highest BCUT2D eigenvalue weighted by molar-refractivity contribution is 7.86. The second kappa shape index (κ2) is 4.31. The van der Waals surface area contributed by atoms with Gasteiger partial charge in [-0.15, -0.1) is 0 Å². The third-order valence-electron chi connectivity index (χ3n) is 3.16. The Labute approximate surface area is 95.0 Å². The average molecular weight is 248 g/mol. The Morgan fingerprint density at radius 3 is 2.12 bits per heavy atom. The van der Waals surface area contributed by atoms with Crippen LogP contribution >= 0.6 is 0 Å². The van der Waals surface area contributed by atoms with Crippen molar-refractivity contribution in [2.24, 2.45) is 5.92 Å². The molecular formula is C9H16N2O4S. The van der Waals surface area contributed by atoms with Crippen LogP contribution in [0.2, 0.25) is 0 Å². The van der Waals surface area contributed by atoms with E-state index in [9.17, 15) is 13.2 Å². The molecule has 0 aliphatic carbocycles. The van der Waals surface area contributed by atoms with Crippen molar-refractivity contribution in [3.05, 3.63) is 0 Å². The molecule has 2 fully saturated rings. The van der Waals surface area contributed by atoms with Gasteiger partial charge in [-0.25, -0.2) is 0 Å². The van der Waals surface area contributed by atoms with Gasteiger partial charge in [-0.3, -0.25) is 4.79 Å². The van der Waals surface area contributed by atoms with Crippen molar-refractivity contribution < 1.29 is 18.3 Å². The van der Waals surface area contributed by atoms with E-state index in [4.69, 9.17) is 5.11 Å². The molecule has 0 saturated carbocycles. The van der Waals surface area contributed by atoms with Gasteiger partial charge in [0.15, 0.2) is 0 Å². The Morgan fingerprint density at radius 1 is 1.06 bits per heavy atom. The van der Waals surface area contributed by atoms with Crippen LogP contribution in [0, 0.1) is 5.92 Å². The Morgan fingerprint density at radius 2 is 1.62 bits per heavy atom. The number of hydrogen-bond donors (Lipinski definition) is 1. The van der Waals surface area contributed by atoms with Gasteiger partial charge < -0.3 is 5.11 Å². The molecule has 0 aromatic rings. The molecule has 6 nitrogen and oxygen atoms in total. The lowest BCUT2D eigenvalue weighted by atomic mass is 10.0. The predicted octanol–water partition coefficient (Wildman–Crippen LogP) is -0.267. The van der Waals surface area contributed by atoms with Gasteiger partial charge in [0.2, 0.25) is 0 Å². The largest absolute Gasteiger partial charge is 0.481 e. The summed E-state index contributed by atoms with van der Waals surface area (Å²) in [5, 5.41) is 8.69. The number of piperidine rings is 1. The minimum Gasteiger partial charge on any atom is -0.481 e. The van der Waals surface area contributed by atoms with Crippen LogP contribution in [-0.2, 0) is 15.0 Å². The van der Waals surface area contributed by atoms with Gasteiger partial charge in [0.05, 0.1) is 5.92 Å². The molecule has 0 aromatic carbocycles. The fourth-order valence-corrected chi connectivity index (χ4v) is 3.82. The fraction of sp³-hybridized carbons (Fsp3) is 0.889. The molecule has 2 aliphatic heterocycles. The zero-order valence-electron chi connectivity index (χ0n) is 9.00. The Kier molecular flexibility index (Phi) is 3.18. The normalized spacial score (nSPS) is 25.2. The molecule has 0 aromatic heterocycles. The molecule has 0 radical (unpaired) electrons. The first-order valence-corrected chi connectivity index (χ1v) is 6.89. The maximum atomic E-state index is 12.0. The summed E-state index contributed by atoms with van der Waals surface area (Å²) in [4.78, 5) is 10.6. The highest BCUT2D eigenvalue weighted by atomic mass is 32.2. The van der Waals surface area contributed by atoms with Gasteiger partial charge in [0, 0.05) is 26.2 Å². The summed E-state index contributed by atoms with van der Waals surface area (Å²) in [7, 11) is -3.39. The third kappa shape index (κ3) is 2.07. The molecule has 0 spiro atoms. The van der Waals surface area contributed by atoms with Gasteiger partial charge >= 0.3 is 5.97 Å². The summed E-state index contributed by atoms with van der Waals surface area (Å²) in [5.74, 6) is -1.44. The first kappa shape index (κ1) is 11.8. The number of hydrogen-bond acceptors (Lipinski definition) is 3. The van der Waals surface area contributed by atoms with Crippen LogP contribution in [0.15, 0.2) is 0 Å². The summed E-state index contributed by atoms with van der Waals surface area (Å²) < 4.78 is 26.7. The molecule has 2 saturated heterocycles. The maximum absolute atomic E-state index is 12.0. The molecule has 0 atom stereocenters. The lowest BCUT2D eigenvalue weighted by Gasteiger charge is -2.39. The van der Waals surface area contributed by atoms with Crippen molar-refractivity contribution in [2.45, 2.75) is 19.3 Å². The van der Waals surface area contributed by atoms with Crippen LogP contribution in [0.1, 0.15) is 19.3 Å². The molecule has 0 amide bonds. The van der Waals surface area contributed by atoms with Crippen LogP contribution in [0.25, 0.3) is 0 Å². The lowest BCUT2D eigenvalue weighted by Crippen LogP contribution is -2.57. The Balaban J connectivity index is 1.96. The highest BCUT2D eigenvalue weighted by Crippen LogP contribution is 2.24. The van der Waals surface area contributed by atoms with Crippen molar-refractivity contribution in [2.75, 3.05) is 26.2 Å². The second-order valence-corrected chi connectivity index (χ2v) is 6.25. The zero-order valence-corrected chi connectivity index (χ0v) is 9.82. The van der Waals surface area contributed by atoms with E-state index in [1.54, 1.807) is 0 Å². The summed E-state index contributed by atoms with van der Waals surface area (Å²) in [6, 6.07) is 0. The zero-order chi connectivity index (χ0) is 11.8. The van der Waals surface area contributed by atoms with E-state index in [1.807, 2.05) is 0 Å². The summed E-state index contributed by atoms with van der Waals surface area (Å²) in [6.07, 6.45) is 2.87. The number of rotatable bonds is 3. The van der Waals surface area contributed by atoms with Crippen LogP contribution < -0.4 is 0 Å². The minimum atomic E-state index is -3.39. The molecule has 2 heterocycles. The number of carbonyl (C=O) groups is 1. The smallest absolute Gasteiger partial charge is 0.309 e. The maximum Gasteiger partial charge on any atom is 0.309 e. The Hall–Kier alpha value is -0.660. The van der Waals surface area contributed by atoms with Gasteiger partial charge in [0.25, 0.3) is 10.2 Å². The van der Waals surface area contributed by atoms with E-state index in [-0.39, 0.29) is 13.1 Å². The van der Waals surface area contributed by atoms with Gasteiger partial charge in [-0.1, -0.05) is 6.42 Å². The molecule has 0 unspecified atom stereocenters. The van der Waals surface area contributed by atoms with Crippen molar-refractivity contribution >= 4 is 16.2 Å². The van der Waals surface area contributed by atoms with E-state index in [0.717, 1.165) is 19.3 Å². The fourth-order valence-electron chi connectivity index (χ4n) is 2.04. The topological polar surface area (TPSA) is 77.9 Å². The molecule has 7 heteroatoms. The number of nitrogens with zero attached hydrogens (tertiary/aromatic N) is 2. The minimum absolute atomic E-state index is 0.119. The molecule has 0 bridgehead atoms. The first-order chi connectivity index (χ1) is 7.51. The quantitative estimate of drug-likeness (QED) is 0.746. The van der Waals surface area contributed by atoms with Crippen LogP contribution in [-0.4, -0.2) is 54.3 Å². The highest BCUT2D eigenvalue weighted by Gasteiger charge is 2.42. The van der Waals surface area contributed by atoms with E-state index in [2.05, 4.69) is 0 Å². The van der Waals surface area contributed by atoms with Gasteiger partial charge in [0.1, 0.15) is 0 Å². The van der Waals surface area contributed by atoms with Crippen molar-refractivity contribution in [3.63, 3.8) is 0 Å². The van der Waals surface area contributed by atoms with Gasteiger partial charge in [-0.05, 0) is 12.8 Å². The number of aliphatic carboxylic acids is 1. The summed E-state index contributed by atoms with van der Waals surface area (Å²) in [6.45, 7) is 1.37. The molecule has 1 N–H and O–H groups in total. The van der Waals surface area contributed by atoms with E-state index >= 15 is 0 Å². The average Bonchev–Trinajstić information content (AvgIpc) is 2.15. The van der Waals surface area contributed by atoms with Gasteiger partial charge in [-0.2, -0.15) is 17.0 Å². The van der Waals surface area contributed by atoms with Crippen molar-refractivity contribution in [1.29, 1.82) is 0 Å². The van der Waals surface area contributed by atoms with Crippen LogP contribution in [0.3, 0.4) is 0 Å². The molecule has 2 aliphatic rings. The monoisotopic (exact) mass is 248 g/mol. The van der Waals surface area contributed by atoms with Crippen molar-refractivity contribution in [1.82, 2.24) is 8.61 Å². The van der Waals surface area contributed by atoms with Crippen LogP contribution in [0.4, 0.5) is 0 Å². The molecule has 2 rings (SSSR count). The summed E-state index contributed by atoms with van der Waals surface area (Å²) >= 11 is 0. The standard InChI is InChI=1S/C9H16N2O4S/c12-9(13)8-6-11(7-8)16(14,15)10-4-2-1-3-5-10/h8H,1-7H2,(H,12,13). The molecule has 16 heavy (non-hydrogen) atoms. The van der Waals surface area contributed by atoms with E-state index in [1.165, 1.54) is 8.61 Å². The predicted molar refractivity (Wildman–Crippen MR) is 57.0 cm³/mol. The number of carboxylic acids is 1. The summed E-state index contributed by atoms with van der Waals surface area (Å²) in [5.41, 5.74) is 0. The SMILES string of the molecule is O=C(O)C1CN(S(=O)(=O)N2CCCCC2)C1. The third-order valence-corrected chi connectivity index (χ3v) is 5.13. The second-order valence-electron chi connectivity index (χ2n) is 4.32. The van der Waals surface area contributed by atoms with Crippen molar-refractivity contribution in [3.8, 4) is 0 Å². The molecular weight excluding hydrogens is 232 g/mol.